The third kappa shape index (κ3) is 3.93. The largest absolute Gasteiger partial charge is 0.491 e. The van der Waals surface area contributed by atoms with E-state index in [0.29, 0.717) is 24.0 Å². The lowest BCUT2D eigenvalue weighted by atomic mass is 10.0. The predicted molar refractivity (Wildman–Crippen MR) is 113 cm³/mol. The van der Waals surface area contributed by atoms with Crippen molar-refractivity contribution in [1.82, 2.24) is 20.2 Å². The molecule has 5 rings (SSSR count). The maximum absolute atomic E-state index is 13.0. The van der Waals surface area contributed by atoms with E-state index in [1.807, 2.05) is 0 Å². The van der Waals surface area contributed by atoms with Crippen LogP contribution in [-0.2, 0) is 6.42 Å². The van der Waals surface area contributed by atoms with Crippen molar-refractivity contribution in [3.05, 3.63) is 53.9 Å². The van der Waals surface area contributed by atoms with Crippen molar-refractivity contribution in [2.45, 2.75) is 19.0 Å². The first kappa shape index (κ1) is 19.7. The molecule has 0 unspecified atom stereocenters. The Hall–Kier alpha value is -3.20. The van der Waals surface area contributed by atoms with Gasteiger partial charge in [-0.1, -0.05) is 6.07 Å². The Kier molecular flexibility index (Phi) is 5.19. The van der Waals surface area contributed by atoms with E-state index in [2.05, 4.69) is 38.7 Å². The van der Waals surface area contributed by atoms with Crippen molar-refractivity contribution in [3.8, 4) is 5.75 Å². The molecule has 31 heavy (non-hydrogen) atoms. The van der Waals surface area contributed by atoms with Crippen LogP contribution in [0.3, 0.4) is 0 Å². The van der Waals surface area contributed by atoms with Crippen LogP contribution in [0, 0.1) is 0 Å². The number of fused-ring (bicyclic) bond motifs is 2. The molecule has 9 heteroatoms. The molecule has 1 atom stereocenters. The Morgan fingerprint density at radius 3 is 2.87 bits per heavy atom. The van der Waals surface area contributed by atoms with Gasteiger partial charge in [0.05, 0.1) is 11.6 Å². The van der Waals surface area contributed by atoms with Gasteiger partial charge in [-0.2, -0.15) is 8.78 Å². The number of carbonyl (C=O) groups is 1. The summed E-state index contributed by atoms with van der Waals surface area (Å²) in [5, 5.41) is 6.82. The normalized spacial score (nSPS) is 18.7. The molecule has 0 radical (unpaired) electrons. The first-order valence-electron chi connectivity index (χ1n) is 10.4. The van der Waals surface area contributed by atoms with Crippen LogP contribution in [-0.4, -0.2) is 54.3 Å². The molecule has 1 amide bonds. The second kappa shape index (κ2) is 8.14. The van der Waals surface area contributed by atoms with Gasteiger partial charge in [-0.05, 0) is 30.2 Å². The molecule has 0 spiro atoms. The van der Waals surface area contributed by atoms with Gasteiger partial charge in [-0.25, -0.2) is 4.98 Å². The van der Waals surface area contributed by atoms with E-state index in [0.717, 1.165) is 47.7 Å². The van der Waals surface area contributed by atoms with Gasteiger partial charge < -0.3 is 20.3 Å². The number of carbonyl (C=O) groups excluding carboxylic acids is 1. The first-order chi connectivity index (χ1) is 15.1. The van der Waals surface area contributed by atoms with Gasteiger partial charge in [-0.3, -0.25) is 9.36 Å². The van der Waals surface area contributed by atoms with E-state index in [-0.39, 0.29) is 17.6 Å². The van der Waals surface area contributed by atoms with Crippen LogP contribution in [0.1, 0.15) is 22.5 Å². The summed E-state index contributed by atoms with van der Waals surface area (Å²) in [6.45, 7) is 1.59. The summed E-state index contributed by atoms with van der Waals surface area (Å²) in [4.78, 5) is 19.1. The Balaban J connectivity index is 1.26. The third-order valence-electron chi connectivity index (χ3n) is 5.80. The number of aromatic nitrogens is 2. The zero-order valence-electron chi connectivity index (χ0n) is 16.9. The molecule has 7 nitrogen and oxygen atoms in total. The van der Waals surface area contributed by atoms with Gasteiger partial charge in [0.15, 0.2) is 0 Å². The predicted octanol–water partition coefficient (Wildman–Crippen LogP) is 2.57. The molecule has 4 heterocycles. The van der Waals surface area contributed by atoms with Crippen LogP contribution in [0.25, 0.3) is 11.0 Å². The molecule has 0 aliphatic carbocycles. The van der Waals surface area contributed by atoms with Gasteiger partial charge in [0, 0.05) is 55.7 Å². The highest BCUT2D eigenvalue weighted by molar-refractivity contribution is 5.97. The minimum atomic E-state index is -2.67. The number of piperazine rings is 1. The Labute approximate surface area is 178 Å². The Morgan fingerprint density at radius 1 is 1.23 bits per heavy atom. The standard InChI is InChI=1S/C22H23F2N5O2/c23-22(24)29-6-3-15-9-16(12-26-20(15)29)21(30)27-17-10-14-1-2-18(11-19(14)31-13-17)28-7-4-25-5-8-28/h1-3,6,9,11-12,17,22,25H,4-5,7-8,10,13H2,(H,27,30)/t17-/m1/s1. The van der Waals surface area contributed by atoms with Gasteiger partial charge in [0.1, 0.15) is 18.0 Å². The number of nitrogens with zero attached hydrogens (tertiary/aromatic N) is 3. The quantitative estimate of drug-likeness (QED) is 0.670. The van der Waals surface area contributed by atoms with Crippen molar-refractivity contribution in [2.75, 3.05) is 37.7 Å². The molecule has 2 aliphatic heterocycles. The number of hydrogen-bond donors (Lipinski definition) is 2. The number of pyridine rings is 1. The molecule has 2 N–H and O–H groups in total. The van der Waals surface area contributed by atoms with Crippen LogP contribution in [0.4, 0.5) is 14.5 Å². The molecule has 3 aromatic rings. The summed E-state index contributed by atoms with van der Waals surface area (Å²) in [6, 6.07) is 9.17. The fourth-order valence-corrected chi connectivity index (χ4v) is 4.17. The maximum atomic E-state index is 13.0. The third-order valence-corrected chi connectivity index (χ3v) is 5.80. The van der Waals surface area contributed by atoms with Crippen LogP contribution in [0.5, 0.6) is 5.75 Å². The Morgan fingerprint density at radius 2 is 2.06 bits per heavy atom. The minimum Gasteiger partial charge on any atom is -0.491 e. The lowest BCUT2D eigenvalue weighted by Crippen LogP contribution is -2.44. The number of alkyl halides is 2. The number of benzene rings is 1. The molecular weight excluding hydrogens is 404 g/mol. The lowest BCUT2D eigenvalue weighted by Gasteiger charge is -2.31. The zero-order valence-corrected chi connectivity index (χ0v) is 16.9. The van der Waals surface area contributed by atoms with Gasteiger partial charge in [0.25, 0.3) is 5.91 Å². The van der Waals surface area contributed by atoms with Gasteiger partial charge in [-0.15, -0.1) is 0 Å². The summed E-state index contributed by atoms with van der Waals surface area (Å²) in [5.41, 5.74) is 2.69. The number of nitrogens with one attached hydrogen (secondary N) is 2. The smallest absolute Gasteiger partial charge is 0.320 e. The number of rotatable bonds is 4. The van der Waals surface area contributed by atoms with Crippen LogP contribution < -0.4 is 20.3 Å². The fourth-order valence-electron chi connectivity index (χ4n) is 4.17. The molecule has 1 fully saturated rings. The summed E-state index contributed by atoms with van der Waals surface area (Å²) >= 11 is 0. The highest BCUT2D eigenvalue weighted by atomic mass is 19.3. The Bertz CT molecular complexity index is 1110. The number of halogens is 2. The highest BCUT2D eigenvalue weighted by Gasteiger charge is 2.24. The topological polar surface area (TPSA) is 71.4 Å². The van der Waals surface area contributed by atoms with E-state index >= 15 is 0 Å². The van der Waals surface area contributed by atoms with Crippen molar-refractivity contribution in [1.29, 1.82) is 0 Å². The van der Waals surface area contributed by atoms with Crippen molar-refractivity contribution in [3.63, 3.8) is 0 Å². The van der Waals surface area contributed by atoms with E-state index in [1.54, 1.807) is 6.07 Å². The molecule has 1 aromatic carbocycles. The highest BCUT2D eigenvalue weighted by Crippen LogP contribution is 2.30. The molecule has 2 aromatic heterocycles. The molecule has 0 saturated carbocycles. The average Bonchev–Trinajstić information content (AvgIpc) is 3.23. The molecule has 0 bridgehead atoms. The average molecular weight is 427 g/mol. The van der Waals surface area contributed by atoms with Crippen LogP contribution in [0.15, 0.2) is 42.7 Å². The number of amides is 1. The fraction of sp³-hybridized carbons (Fsp3) is 0.364. The SMILES string of the molecule is O=C(N[C@H]1COc2cc(N3CCNCC3)ccc2C1)c1cnc2c(ccn2C(F)F)c1. The molecule has 2 aliphatic rings. The summed E-state index contributed by atoms with van der Waals surface area (Å²) in [5.74, 6) is 0.562. The zero-order chi connectivity index (χ0) is 21.4. The van der Waals surface area contributed by atoms with Crippen LogP contribution >= 0.6 is 0 Å². The monoisotopic (exact) mass is 427 g/mol. The van der Waals surface area contributed by atoms with Gasteiger partial charge in [0.2, 0.25) is 0 Å². The van der Waals surface area contributed by atoms with E-state index in [9.17, 15) is 13.6 Å². The van der Waals surface area contributed by atoms with Gasteiger partial charge >= 0.3 is 6.55 Å². The number of hydrogen-bond acceptors (Lipinski definition) is 5. The minimum absolute atomic E-state index is 0.154. The van der Waals surface area contributed by atoms with Crippen LogP contribution in [0.2, 0.25) is 0 Å². The van der Waals surface area contributed by atoms with Crippen molar-refractivity contribution < 1.29 is 18.3 Å². The summed E-state index contributed by atoms with van der Waals surface area (Å²) < 4.78 is 32.7. The molecular formula is C22H23F2N5O2. The number of anilines is 1. The van der Waals surface area contributed by atoms with Crippen molar-refractivity contribution >= 4 is 22.6 Å². The second-order valence-electron chi connectivity index (χ2n) is 7.85. The van der Waals surface area contributed by atoms with E-state index in [1.165, 1.54) is 18.5 Å². The first-order valence-corrected chi connectivity index (χ1v) is 10.4. The number of ether oxygens (including phenoxy) is 1. The van der Waals surface area contributed by atoms with E-state index < -0.39 is 6.55 Å². The molecule has 1 saturated heterocycles. The summed E-state index contributed by atoms with van der Waals surface area (Å²) in [6.07, 6.45) is 3.26. The van der Waals surface area contributed by atoms with E-state index in [4.69, 9.17) is 4.74 Å². The lowest BCUT2D eigenvalue weighted by molar-refractivity contribution is 0.0746. The molecule has 162 valence electrons. The summed E-state index contributed by atoms with van der Waals surface area (Å²) in [7, 11) is 0. The maximum Gasteiger partial charge on any atom is 0.320 e. The second-order valence-corrected chi connectivity index (χ2v) is 7.85. The van der Waals surface area contributed by atoms with Crippen molar-refractivity contribution in [2.24, 2.45) is 0 Å².